The summed E-state index contributed by atoms with van der Waals surface area (Å²) in [5.41, 5.74) is -0.0181. The molecule has 0 fully saturated rings. The maximum absolute atomic E-state index is 11.9. The van der Waals surface area contributed by atoms with Crippen LogP contribution in [0, 0.1) is 0 Å². The second-order valence-electron chi connectivity index (χ2n) is 4.43. The largest absolute Gasteiger partial charge is 0.493 e. The van der Waals surface area contributed by atoms with E-state index >= 15 is 0 Å². The van der Waals surface area contributed by atoms with Crippen LogP contribution in [0.5, 0.6) is 5.75 Å². The van der Waals surface area contributed by atoms with E-state index in [1.54, 1.807) is 18.2 Å². The predicted octanol–water partition coefficient (Wildman–Crippen LogP) is 3.04. The average Bonchev–Trinajstić information content (AvgIpc) is 2.16. The molecule has 0 bridgehead atoms. The third-order valence-electron chi connectivity index (χ3n) is 1.81. The van der Waals surface area contributed by atoms with Gasteiger partial charge in [0.2, 0.25) is 0 Å². The van der Waals surface area contributed by atoms with E-state index in [0.717, 1.165) is 0 Å². The van der Waals surface area contributed by atoms with Gasteiger partial charge in [-0.2, -0.15) is 0 Å². The van der Waals surface area contributed by atoms with Crippen LogP contribution in [-0.4, -0.2) is 18.2 Å². The van der Waals surface area contributed by atoms with Crippen LogP contribution >= 0.6 is 0 Å². The molecule has 16 heavy (non-hydrogen) atoms. The summed E-state index contributed by atoms with van der Waals surface area (Å²) in [5, 5.41) is 0. The maximum atomic E-state index is 11.9. The molecule has 3 nitrogen and oxygen atoms in total. The Morgan fingerprint density at radius 2 is 1.88 bits per heavy atom. The van der Waals surface area contributed by atoms with Gasteiger partial charge in [0.05, 0.1) is 6.61 Å². The van der Waals surface area contributed by atoms with Gasteiger partial charge < -0.3 is 9.47 Å². The molecule has 0 radical (unpaired) electrons. The average molecular weight is 222 g/mol. The number of hydrogen-bond donors (Lipinski definition) is 0. The fraction of sp³-hybridized carbons (Fsp3) is 0.462. The van der Waals surface area contributed by atoms with Gasteiger partial charge in [0.15, 0.2) is 0 Å². The van der Waals surface area contributed by atoms with Gasteiger partial charge in [-0.05, 0) is 39.8 Å². The minimum atomic E-state index is -0.490. The summed E-state index contributed by atoms with van der Waals surface area (Å²) in [4.78, 5) is 11.9. The number of ether oxygens (including phenoxy) is 2. The van der Waals surface area contributed by atoms with Gasteiger partial charge in [0.1, 0.15) is 16.9 Å². The molecule has 0 amide bonds. The van der Waals surface area contributed by atoms with Crippen molar-refractivity contribution in [3.63, 3.8) is 0 Å². The zero-order valence-electron chi connectivity index (χ0n) is 10.2. The van der Waals surface area contributed by atoms with Crippen LogP contribution in [0.25, 0.3) is 0 Å². The van der Waals surface area contributed by atoms with Crippen molar-refractivity contribution >= 4 is 5.97 Å². The Bertz CT molecular complexity index is 364. The number of hydrogen-bond acceptors (Lipinski definition) is 3. The van der Waals surface area contributed by atoms with Crippen molar-refractivity contribution in [2.24, 2.45) is 0 Å². The third kappa shape index (κ3) is 3.57. The molecule has 0 aliphatic rings. The standard InChI is InChI=1S/C13H18O3/c1-5-15-11-9-7-6-8-10(11)12(14)16-13(2,3)4/h6-9H,5H2,1-4H3. The van der Waals surface area contributed by atoms with E-state index in [4.69, 9.17) is 9.47 Å². The molecule has 0 heterocycles. The van der Waals surface area contributed by atoms with E-state index in [-0.39, 0.29) is 5.97 Å². The Kier molecular flexibility index (Phi) is 3.93. The number of carbonyl (C=O) groups excluding carboxylic acids is 1. The first-order chi connectivity index (χ1) is 7.44. The minimum absolute atomic E-state index is 0.350. The molecule has 0 spiro atoms. The van der Waals surface area contributed by atoms with Gasteiger partial charge in [0.25, 0.3) is 0 Å². The van der Waals surface area contributed by atoms with Crippen molar-refractivity contribution in [2.75, 3.05) is 6.61 Å². The molecule has 1 aromatic carbocycles. The highest BCUT2D eigenvalue weighted by atomic mass is 16.6. The molecule has 0 saturated heterocycles. The van der Waals surface area contributed by atoms with Gasteiger partial charge in [-0.15, -0.1) is 0 Å². The molecule has 88 valence electrons. The highest BCUT2D eigenvalue weighted by Gasteiger charge is 2.20. The van der Waals surface area contributed by atoms with Gasteiger partial charge in [-0.3, -0.25) is 0 Å². The highest BCUT2D eigenvalue weighted by Crippen LogP contribution is 2.21. The van der Waals surface area contributed by atoms with E-state index in [1.165, 1.54) is 0 Å². The molecule has 1 aromatic rings. The van der Waals surface area contributed by atoms with E-state index in [2.05, 4.69) is 0 Å². The summed E-state index contributed by atoms with van der Waals surface area (Å²) >= 11 is 0. The van der Waals surface area contributed by atoms with E-state index in [9.17, 15) is 4.79 Å². The second kappa shape index (κ2) is 5.01. The lowest BCUT2D eigenvalue weighted by molar-refractivity contribution is 0.00660. The Hall–Kier alpha value is -1.51. The summed E-state index contributed by atoms with van der Waals surface area (Å²) < 4.78 is 10.7. The first-order valence-corrected chi connectivity index (χ1v) is 5.39. The number of para-hydroxylation sites is 1. The van der Waals surface area contributed by atoms with Crippen molar-refractivity contribution in [3.05, 3.63) is 29.8 Å². The molecule has 0 aliphatic heterocycles. The molecule has 0 aromatic heterocycles. The zero-order valence-corrected chi connectivity index (χ0v) is 10.2. The Labute approximate surface area is 96.4 Å². The van der Waals surface area contributed by atoms with E-state index in [1.807, 2.05) is 33.8 Å². The molecule has 0 aliphatic carbocycles. The summed E-state index contributed by atoms with van der Waals surface area (Å²) in [6.45, 7) is 7.93. The molecular weight excluding hydrogens is 204 g/mol. The fourth-order valence-electron chi connectivity index (χ4n) is 1.25. The van der Waals surface area contributed by atoms with Crippen molar-refractivity contribution in [3.8, 4) is 5.75 Å². The maximum Gasteiger partial charge on any atom is 0.342 e. The van der Waals surface area contributed by atoms with Crippen molar-refractivity contribution in [1.29, 1.82) is 0 Å². The summed E-state index contributed by atoms with van der Waals surface area (Å²) in [5.74, 6) is 0.218. The van der Waals surface area contributed by atoms with Gasteiger partial charge >= 0.3 is 5.97 Å². The summed E-state index contributed by atoms with van der Waals surface area (Å²) in [6.07, 6.45) is 0. The Balaban J connectivity index is 2.90. The first-order valence-electron chi connectivity index (χ1n) is 5.39. The van der Waals surface area contributed by atoms with Gasteiger partial charge in [0, 0.05) is 0 Å². The number of benzene rings is 1. The molecule has 0 atom stereocenters. The topological polar surface area (TPSA) is 35.5 Å². The first kappa shape index (κ1) is 12.6. The molecule has 0 N–H and O–H groups in total. The summed E-state index contributed by atoms with van der Waals surface area (Å²) in [6, 6.07) is 7.10. The third-order valence-corrected chi connectivity index (χ3v) is 1.81. The Morgan fingerprint density at radius 3 is 2.44 bits per heavy atom. The monoisotopic (exact) mass is 222 g/mol. The van der Waals surface area contributed by atoms with E-state index < -0.39 is 5.60 Å². The number of carbonyl (C=O) groups is 1. The Morgan fingerprint density at radius 1 is 1.25 bits per heavy atom. The minimum Gasteiger partial charge on any atom is -0.493 e. The highest BCUT2D eigenvalue weighted by molar-refractivity contribution is 5.92. The lowest BCUT2D eigenvalue weighted by Gasteiger charge is -2.20. The SMILES string of the molecule is CCOc1ccccc1C(=O)OC(C)(C)C. The number of esters is 1. The van der Waals surface area contributed by atoms with Crippen molar-refractivity contribution in [1.82, 2.24) is 0 Å². The number of rotatable bonds is 3. The fourth-order valence-corrected chi connectivity index (χ4v) is 1.25. The van der Waals surface area contributed by atoms with Crippen LogP contribution < -0.4 is 4.74 Å². The molecule has 3 heteroatoms. The van der Waals surface area contributed by atoms with Gasteiger partial charge in [-0.25, -0.2) is 4.79 Å². The van der Waals surface area contributed by atoms with Gasteiger partial charge in [-0.1, -0.05) is 12.1 Å². The van der Waals surface area contributed by atoms with E-state index in [0.29, 0.717) is 17.9 Å². The van der Waals surface area contributed by atoms with Crippen LogP contribution in [0.1, 0.15) is 38.1 Å². The van der Waals surface area contributed by atoms with Crippen LogP contribution in [-0.2, 0) is 4.74 Å². The van der Waals surface area contributed by atoms with Crippen molar-refractivity contribution < 1.29 is 14.3 Å². The second-order valence-corrected chi connectivity index (χ2v) is 4.43. The quantitative estimate of drug-likeness (QED) is 0.737. The lowest BCUT2D eigenvalue weighted by Crippen LogP contribution is -2.24. The smallest absolute Gasteiger partial charge is 0.342 e. The summed E-state index contributed by atoms with van der Waals surface area (Å²) in [7, 11) is 0. The zero-order chi connectivity index (χ0) is 12.2. The molecule has 0 unspecified atom stereocenters. The molecular formula is C13H18O3. The lowest BCUT2D eigenvalue weighted by atomic mass is 10.1. The normalized spacial score (nSPS) is 11.0. The predicted molar refractivity (Wildman–Crippen MR) is 62.8 cm³/mol. The molecule has 0 saturated carbocycles. The van der Waals surface area contributed by atoms with Crippen LogP contribution in [0.4, 0.5) is 0 Å². The van der Waals surface area contributed by atoms with Crippen LogP contribution in [0.3, 0.4) is 0 Å². The van der Waals surface area contributed by atoms with Crippen LogP contribution in [0.15, 0.2) is 24.3 Å². The van der Waals surface area contributed by atoms with Crippen molar-refractivity contribution in [2.45, 2.75) is 33.3 Å². The molecule has 1 rings (SSSR count). The van der Waals surface area contributed by atoms with Crippen LogP contribution in [0.2, 0.25) is 0 Å².